The van der Waals surface area contributed by atoms with E-state index in [4.69, 9.17) is 18.7 Å². The van der Waals surface area contributed by atoms with Crippen molar-refractivity contribution in [1.29, 1.82) is 0 Å². The Morgan fingerprint density at radius 1 is 0.741 bits per heavy atom. The number of ether oxygens (including phenoxy) is 1. The number of aromatic hydroxyl groups is 3. The van der Waals surface area contributed by atoms with Crippen LogP contribution in [0, 0.1) is 0 Å². The molecule has 4 aromatic rings. The molecular weight excluding hydrogens is 356 g/mol. The summed E-state index contributed by atoms with van der Waals surface area (Å²) in [7, 11) is 1.53. The minimum absolute atomic E-state index is 0.0108. The van der Waals surface area contributed by atoms with Crippen molar-refractivity contribution in [3.63, 3.8) is 0 Å². The monoisotopic (exact) mass is 370 g/mol. The average molecular weight is 370 g/mol. The van der Waals surface area contributed by atoms with E-state index >= 15 is 0 Å². The third-order valence-electron chi connectivity index (χ3n) is 3.63. The molecule has 4 rings (SSSR count). The molecule has 0 amide bonds. The van der Waals surface area contributed by atoms with Crippen LogP contribution in [0.25, 0.3) is 21.9 Å². The summed E-state index contributed by atoms with van der Waals surface area (Å²) in [4.78, 5) is 21.7. The van der Waals surface area contributed by atoms with Crippen LogP contribution in [0.15, 0.2) is 67.0 Å². The van der Waals surface area contributed by atoms with Crippen LogP contribution in [0.3, 0.4) is 0 Å². The zero-order valence-corrected chi connectivity index (χ0v) is 14.0. The Morgan fingerprint density at radius 2 is 1.26 bits per heavy atom. The molecule has 3 N–H and O–H groups in total. The van der Waals surface area contributed by atoms with Gasteiger partial charge < -0.3 is 28.9 Å². The van der Waals surface area contributed by atoms with E-state index in [0.717, 1.165) is 12.1 Å². The molecule has 2 aromatic heterocycles. The first-order valence-corrected chi connectivity index (χ1v) is 7.64. The fraction of sp³-hybridized carbons (Fsp3) is 0.0526. The number of rotatable bonds is 1. The van der Waals surface area contributed by atoms with Gasteiger partial charge in [0.2, 0.25) is 0 Å². The number of fused-ring (bicyclic) bond motifs is 2. The number of methoxy groups -OCH3 is 1. The van der Waals surface area contributed by atoms with Gasteiger partial charge in [-0.2, -0.15) is 0 Å². The van der Waals surface area contributed by atoms with E-state index in [-0.39, 0.29) is 22.8 Å². The largest absolute Gasteiger partial charge is 0.508 e. The predicted octanol–water partition coefficient (Wildman–Crippen LogP) is 2.71. The fourth-order valence-electron chi connectivity index (χ4n) is 2.39. The van der Waals surface area contributed by atoms with Crippen molar-refractivity contribution in [2.45, 2.75) is 0 Å². The van der Waals surface area contributed by atoms with Crippen LogP contribution in [0.2, 0.25) is 0 Å². The van der Waals surface area contributed by atoms with E-state index in [9.17, 15) is 19.8 Å². The molecule has 0 saturated heterocycles. The summed E-state index contributed by atoms with van der Waals surface area (Å²) in [6.45, 7) is 0. The molecule has 0 aliphatic rings. The minimum Gasteiger partial charge on any atom is -0.508 e. The van der Waals surface area contributed by atoms with Crippen molar-refractivity contribution in [3.05, 3.63) is 69.4 Å². The molecule has 0 spiro atoms. The Balaban J connectivity index is 0.000000156. The molecule has 8 heteroatoms. The summed E-state index contributed by atoms with van der Waals surface area (Å²) in [5.74, 6) is 0.315. The van der Waals surface area contributed by atoms with Crippen molar-refractivity contribution in [2.24, 2.45) is 0 Å². The van der Waals surface area contributed by atoms with Crippen molar-refractivity contribution in [2.75, 3.05) is 7.11 Å². The van der Waals surface area contributed by atoms with Crippen molar-refractivity contribution >= 4 is 21.9 Å². The Bertz CT molecular complexity index is 1240. The quantitative estimate of drug-likeness (QED) is 0.436. The van der Waals surface area contributed by atoms with Crippen LogP contribution in [-0.2, 0) is 0 Å². The van der Waals surface area contributed by atoms with Crippen LogP contribution in [-0.4, -0.2) is 22.4 Å². The number of hydrogen-bond acceptors (Lipinski definition) is 8. The molecule has 0 fully saturated rings. The Hall–Kier alpha value is -3.94. The summed E-state index contributed by atoms with van der Waals surface area (Å²) in [6.07, 6.45) is 0. The normalized spacial score (nSPS) is 10.4. The average Bonchev–Trinajstić information content (AvgIpc) is 2.62. The van der Waals surface area contributed by atoms with Gasteiger partial charge in [-0.25, -0.2) is 9.59 Å². The molecule has 27 heavy (non-hydrogen) atoms. The first kappa shape index (κ1) is 17.9. The maximum absolute atomic E-state index is 10.9. The van der Waals surface area contributed by atoms with E-state index in [2.05, 4.69) is 0 Å². The molecule has 0 bridgehead atoms. The number of hydrogen-bond donors (Lipinski definition) is 3. The highest BCUT2D eigenvalue weighted by Crippen LogP contribution is 2.26. The van der Waals surface area contributed by atoms with Crippen LogP contribution in [0.4, 0.5) is 0 Å². The molecule has 0 aliphatic heterocycles. The molecule has 8 nitrogen and oxygen atoms in total. The van der Waals surface area contributed by atoms with E-state index < -0.39 is 11.3 Å². The molecule has 0 saturated carbocycles. The summed E-state index contributed by atoms with van der Waals surface area (Å²) in [5, 5.41) is 28.6. The molecule has 0 atom stereocenters. The highest BCUT2D eigenvalue weighted by atomic mass is 16.5. The van der Waals surface area contributed by atoms with Gasteiger partial charge in [0.05, 0.1) is 30.0 Å². The molecule has 2 aromatic carbocycles. The lowest BCUT2D eigenvalue weighted by molar-refractivity contribution is 0.414. The van der Waals surface area contributed by atoms with Gasteiger partial charge in [-0.1, -0.05) is 0 Å². The lowest BCUT2D eigenvalue weighted by atomic mass is 10.2. The predicted molar refractivity (Wildman–Crippen MR) is 96.5 cm³/mol. The van der Waals surface area contributed by atoms with Crippen molar-refractivity contribution < 1.29 is 28.9 Å². The van der Waals surface area contributed by atoms with Gasteiger partial charge in [-0.05, 0) is 36.4 Å². The summed E-state index contributed by atoms with van der Waals surface area (Å²) in [6, 6.07) is 11.0. The second-order valence-corrected chi connectivity index (χ2v) is 5.44. The zero-order chi connectivity index (χ0) is 19.6. The smallest absolute Gasteiger partial charge is 0.339 e. The van der Waals surface area contributed by atoms with Crippen molar-refractivity contribution in [1.82, 2.24) is 0 Å². The summed E-state index contributed by atoms with van der Waals surface area (Å²) in [5.41, 5.74) is -0.588. The maximum Gasteiger partial charge on any atom is 0.339 e. The van der Waals surface area contributed by atoms with Gasteiger partial charge >= 0.3 is 11.3 Å². The summed E-state index contributed by atoms with van der Waals surface area (Å²) >= 11 is 0. The molecule has 0 unspecified atom stereocenters. The van der Waals surface area contributed by atoms with E-state index in [0.29, 0.717) is 22.1 Å². The highest BCUT2D eigenvalue weighted by molar-refractivity contribution is 5.84. The van der Waals surface area contributed by atoms with Gasteiger partial charge in [-0.15, -0.1) is 0 Å². The van der Waals surface area contributed by atoms with E-state index in [1.165, 1.54) is 25.3 Å². The third-order valence-corrected chi connectivity index (χ3v) is 3.63. The Kier molecular flexibility index (Phi) is 4.71. The number of phenolic OH excluding ortho intramolecular Hbond substituents is 1. The lowest BCUT2D eigenvalue weighted by Gasteiger charge is -2.02. The fourth-order valence-corrected chi connectivity index (χ4v) is 2.39. The van der Waals surface area contributed by atoms with Gasteiger partial charge in [0, 0.05) is 0 Å². The first-order chi connectivity index (χ1) is 12.9. The van der Waals surface area contributed by atoms with Crippen LogP contribution >= 0.6 is 0 Å². The molecule has 138 valence electrons. The number of benzene rings is 2. The second-order valence-electron chi connectivity index (χ2n) is 5.44. The van der Waals surface area contributed by atoms with Gasteiger partial charge in [0.15, 0.2) is 0 Å². The molecule has 2 heterocycles. The Morgan fingerprint density at radius 3 is 1.81 bits per heavy atom. The highest BCUT2D eigenvalue weighted by Gasteiger charge is 2.05. The Labute approximate surface area is 151 Å². The SMILES string of the molecule is COc1ccc2oc(=O)cc(O)c2c1.O=c1cc(O)c2cc(O)ccc2o1. The topological polar surface area (TPSA) is 130 Å². The lowest BCUT2D eigenvalue weighted by Crippen LogP contribution is -1.95. The first-order valence-electron chi connectivity index (χ1n) is 7.64. The van der Waals surface area contributed by atoms with Crippen molar-refractivity contribution in [3.8, 4) is 23.0 Å². The second kappa shape index (κ2) is 7.12. The maximum atomic E-state index is 10.9. The van der Waals surface area contributed by atoms with Crippen LogP contribution in [0.1, 0.15) is 0 Å². The van der Waals surface area contributed by atoms with Gasteiger partial charge in [0.1, 0.15) is 34.2 Å². The molecule has 0 radical (unpaired) electrons. The third kappa shape index (κ3) is 3.84. The van der Waals surface area contributed by atoms with Gasteiger partial charge in [-0.3, -0.25) is 0 Å². The number of phenols is 1. The molecular formula is C19H14O8. The minimum atomic E-state index is -0.615. The summed E-state index contributed by atoms with van der Waals surface area (Å²) < 4.78 is 14.6. The van der Waals surface area contributed by atoms with Crippen LogP contribution < -0.4 is 16.0 Å². The van der Waals surface area contributed by atoms with E-state index in [1.807, 2.05) is 0 Å². The van der Waals surface area contributed by atoms with E-state index in [1.54, 1.807) is 18.2 Å². The van der Waals surface area contributed by atoms with Crippen LogP contribution in [0.5, 0.6) is 23.0 Å². The zero-order valence-electron chi connectivity index (χ0n) is 14.0. The molecule has 0 aliphatic carbocycles. The van der Waals surface area contributed by atoms with Gasteiger partial charge in [0.25, 0.3) is 0 Å². The standard InChI is InChI=1S/C10H8O4.C9H6O4/c1-13-6-2-3-9-7(4-6)8(11)5-10(12)14-9;10-5-1-2-8-6(3-5)7(11)4-9(12)13-8/h2-5,11H,1H3;1-4,10-11H.